The number of fused-ring (bicyclic) bond motifs is 1. The number of unbranched alkanes of at least 4 members (excludes halogenated alkanes) is 2. The molecule has 0 atom stereocenters. The molecule has 1 saturated carbocycles. The number of ether oxygens (including phenoxy) is 3. The summed E-state index contributed by atoms with van der Waals surface area (Å²) >= 11 is 0.994. The number of carbonyl (C=O) groups excluding carboxylic acids is 3. The lowest BCUT2D eigenvalue weighted by molar-refractivity contribution is -0.120. The molecule has 0 aliphatic heterocycles. The van der Waals surface area contributed by atoms with Crippen molar-refractivity contribution in [3.05, 3.63) is 48.4 Å². The van der Waals surface area contributed by atoms with Gasteiger partial charge in [-0.2, -0.15) is 0 Å². The van der Waals surface area contributed by atoms with Crippen LogP contribution in [-0.2, 0) is 14.4 Å². The molecule has 0 bridgehead atoms. The summed E-state index contributed by atoms with van der Waals surface area (Å²) in [6.07, 6.45) is 5.64. The van der Waals surface area contributed by atoms with Crippen molar-refractivity contribution in [2.45, 2.75) is 46.0 Å². The lowest BCUT2D eigenvalue weighted by atomic mass is 10.1. The first-order valence-electron chi connectivity index (χ1n) is 13.5. The van der Waals surface area contributed by atoms with Gasteiger partial charge in [0, 0.05) is 48.3 Å². The normalized spacial score (nSPS) is 13.4. The maximum Gasteiger partial charge on any atom is 0.230 e. The second-order valence-corrected chi connectivity index (χ2v) is 11.3. The standard InChI is InChI=1S/C30H34FN3O6S/c1-19(35)41-18-28(36)33-12-5-4-6-14-39-27-17-23-21(16-26(27)38-3)24(9-13-32-23)40-25-8-7-20(15-22(25)31)34-29(37)30(2)10-11-30/h7-9,13,15-17H,4-6,10-12,14,18H2,1-3H3,(H,33,36)(H,34,37). The van der Waals surface area contributed by atoms with Crippen LogP contribution in [0.25, 0.3) is 10.9 Å². The van der Waals surface area contributed by atoms with E-state index in [1.54, 1.807) is 30.5 Å². The zero-order chi connectivity index (χ0) is 29.4. The molecule has 2 N–H and O–H groups in total. The number of aromatic nitrogens is 1. The fourth-order valence-corrected chi connectivity index (χ4v) is 4.43. The number of amides is 2. The lowest BCUT2D eigenvalue weighted by Crippen LogP contribution is -2.26. The van der Waals surface area contributed by atoms with Crippen molar-refractivity contribution in [3.8, 4) is 23.0 Å². The number of methoxy groups -OCH3 is 1. The minimum atomic E-state index is -0.602. The highest BCUT2D eigenvalue weighted by atomic mass is 32.2. The average Bonchev–Trinajstić information content (AvgIpc) is 3.71. The molecule has 1 aliphatic carbocycles. The first-order valence-corrected chi connectivity index (χ1v) is 14.5. The zero-order valence-corrected chi connectivity index (χ0v) is 24.2. The molecule has 4 rings (SSSR count). The topological polar surface area (TPSA) is 116 Å². The van der Waals surface area contributed by atoms with Crippen LogP contribution in [0.15, 0.2) is 42.6 Å². The van der Waals surface area contributed by atoms with E-state index in [0.29, 0.717) is 47.0 Å². The molecule has 3 aromatic rings. The van der Waals surface area contributed by atoms with Gasteiger partial charge < -0.3 is 24.8 Å². The molecule has 2 aromatic carbocycles. The summed E-state index contributed by atoms with van der Waals surface area (Å²) < 4.78 is 32.3. The lowest BCUT2D eigenvalue weighted by Gasteiger charge is -2.15. The van der Waals surface area contributed by atoms with Crippen molar-refractivity contribution < 1.29 is 33.0 Å². The molecular formula is C30H34FN3O6S. The Balaban J connectivity index is 1.33. The zero-order valence-electron chi connectivity index (χ0n) is 23.4. The number of carbonyl (C=O) groups is 3. The van der Waals surface area contributed by atoms with Crippen LogP contribution >= 0.6 is 11.8 Å². The minimum absolute atomic E-state index is 0.0150. The smallest absolute Gasteiger partial charge is 0.230 e. The fraction of sp³-hybridized carbons (Fsp3) is 0.400. The third-order valence-electron chi connectivity index (χ3n) is 6.75. The van der Waals surface area contributed by atoms with Crippen molar-refractivity contribution in [1.29, 1.82) is 0 Å². The SMILES string of the molecule is COc1cc2c(Oc3ccc(NC(=O)C4(C)CC4)cc3F)ccnc2cc1OCCCCCNC(=O)CSC(C)=O. The van der Waals surface area contributed by atoms with Crippen molar-refractivity contribution in [2.75, 3.05) is 31.3 Å². The molecule has 2 amide bonds. The number of anilines is 1. The molecule has 41 heavy (non-hydrogen) atoms. The Hall–Kier alpha value is -3.86. The molecule has 0 spiro atoms. The highest BCUT2D eigenvalue weighted by molar-refractivity contribution is 8.14. The minimum Gasteiger partial charge on any atom is -0.493 e. The summed E-state index contributed by atoms with van der Waals surface area (Å²) in [5.74, 6) is 0.695. The van der Waals surface area contributed by atoms with Crippen LogP contribution < -0.4 is 24.8 Å². The number of pyridine rings is 1. The Morgan fingerprint density at radius 1 is 1.02 bits per heavy atom. The number of hydrogen-bond acceptors (Lipinski definition) is 8. The van der Waals surface area contributed by atoms with Crippen LogP contribution in [-0.4, -0.2) is 47.9 Å². The van der Waals surface area contributed by atoms with Gasteiger partial charge in [-0.3, -0.25) is 19.4 Å². The second-order valence-electron chi connectivity index (χ2n) is 10.1. The van der Waals surface area contributed by atoms with E-state index in [1.165, 1.54) is 26.2 Å². The first kappa shape index (κ1) is 30.1. The van der Waals surface area contributed by atoms with E-state index in [0.717, 1.165) is 43.9 Å². The maximum atomic E-state index is 14.9. The van der Waals surface area contributed by atoms with E-state index >= 15 is 0 Å². The molecule has 0 saturated heterocycles. The van der Waals surface area contributed by atoms with Crippen LogP contribution in [0.3, 0.4) is 0 Å². The van der Waals surface area contributed by atoms with Gasteiger partial charge in [0.05, 0.1) is 25.0 Å². The van der Waals surface area contributed by atoms with E-state index in [4.69, 9.17) is 14.2 Å². The third kappa shape index (κ3) is 8.32. The fourth-order valence-electron chi connectivity index (χ4n) is 4.00. The Bertz CT molecular complexity index is 1430. The Morgan fingerprint density at radius 3 is 2.54 bits per heavy atom. The molecule has 11 heteroatoms. The quantitative estimate of drug-likeness (QED) is 0.227. The number of nitrogens with one attached hydrogen (secondary N) is 2. The third-order valence-corrected chi connectivity index (χ3v) is 7.57. The highest BCUT2D eigenvalue weighted by Crippen LogP contribution is 2.46. The van der Waals surface area contributed by atoms with Crippen LogP contribution in [0.2, 0.25) is 0 Å². The maximum absolute atomic E-state index is 14.9. The van der Waals surface area contributed by atoms with Gasteiger partial charge in [-0.25, -0.2) is 4.39 Å². The van der Waals surface area contributed by atoms with Crippen molar-refractivity contribution in [2.24, 2.45) is 5.41 Å². The van der Waals surface area contributed by atoms with Gasteiger partial charge in [-0.15, -0.1) is 0 Å². The number of rotatable bonds is 14. The van der Waals surface area contributed by atoms with E-state index in [1.807, 2.05) is 6.92 Å². The average molecular weight is 584 g/mol. The first-order chi connectivity index (χ1) is 19.7. The predicted molar refractivity (Wildman–Crippen MR) is 156 cm³/mol. The number of thioether (sulfide) groups is 1. The second kappa shape index (κ2) is 13.7. The summed E-state index contributed by atoms with van der Waals surface area (Å²) in [7, 11) is 1.53. The number of halogens is 1. The molecule has 9 nitrogen and oxygen atoms in total. The molecule has 0 radical (unpaired) electrons. The number of hydrogen-bond donors (Lipinski definition) is 2. The van der Waals surface area contributed by atoms with Gasteiger partial charge in [0.2, 0.25) is 11.8 Å². The summed E-state index contributed by atoms with van der Waals surface area (Å²) in [6.45, 7) is 4.31. The van der Waals surface area contributed by atoms with Crippen LogP contribution in [0.1, 0.15) is 46.0 Å². The van der Waals surface area contributed by atoms with Crippen molar-refractivity contribution in [1.82, 2.24) is 10.3 Å². The largest absolute Gasteiger partial charge is 0.493 e. The Labute approximate surface area is 242 Å². The summed E-state index contributed by atoms with van der Waals surface area (Å²) in [5.41, 5.74) is 0.607. The van der Waals surface area contributed by atoms with Gasteiger partial charge in [0.15, 0.2) is 28.2 Å². The van der Waals surface area contributed by atoms with Gasteiger partial charge in [0.25, 0.3) is 0 Å². The molecule has 1 fully saturated rings. The molecule has 1 aliphatic rings. The van der Waals surface area contributed by atoms with E-state index in [2.05, 4.69) is 15.6 Å². The molecule has 218 valence electrons. The number of benzene rings is 2. The summed E-state index contributed by atoms with van der Waals surface area (Å²) in [5, 5.41) is 6.10. The highest BCUT2D eigenvalue weighted by Gasteiger charge is 2.44. The van der Waals surface area contributed by atoms with Gasteiger partial charge >= 0.3 is 0 Å². The van der Waals surface area contributed by atoms with Gasteiger partial charge in [-0.1, -0.05) is 18.7 Å². The molecule has 1 heterocycles. The monoisotopic (exact) mass is 583 g/mol. The van der Waals surface area contributed by atoms with E-state index in [9.17, 15) is 18.8 Å². The Morgan fingerprint density at radius 2 is 1.83 bits per heavy atom. The molecule has 1 aromatic heterocycles. The van der Waals surface area contributed by atoms with Gasteiger partial charge in [-0.05, 0) is 56.4 Å². The van der Waals surface area contributed by atoms with Crippen molar-refractivity contribution >= 4 is 45.3 Å². The van der Waals surface area contributed by atoms with E-state index in [-0.39, 0.29) is 33.8 Å². The Kier molecular flexibility index (Phi) is 10.0. The number of nitrogens with zero attached hydrogens (tertiary/aromatic N) is 1. The van der Waals surface area contributed by atoms with Gasteiger partial charge in [0.1, 0.15) is 5.75 Å². The summed E-state index contributed by atoms with van der Waals surface area (Å²) in [6, 6.07) is 9.47. The van der Waals surface area contributed by atoms with Crippen LogP contribution in [0, 0.1) is 11.2 Å². The summed E-state index contributed by atoms with van der Waals surface area (Å²) in [4.78, 5) is 39.3. The van der Waals surface area contributed by atoms with Crippen LogP contribution in [0.5, 0.6) is 23.0 Å². The predicted octanol–water partition coefficient (Wildman–Crippen LogP) is 5.86. The van der Waals surface area contributed by atoms with Crippen LogP contribution in [0.4, 0.5) is 10.1 Å². The van der Waals surface area contributed by atoms with Crippen molar-refractivity contribution in [3.63, 3.8) is 0 Å². The molecule has 0 unspecified atom stereocenters. The molecular weight excluding hydrogens is 549 g/mol. The van der Waals surface area contributed by atoms with E-state index < -0.39 is 5.82 Å².